The minimum Gasteiger partial charge on any atom is -0.395 e. The minimum absolute atomic E-state index is 0.102. The van der Waals surface area contributed by atoms with Gasteiger partial charge in [0.15, 0.2) is 0 Å². The van der Waals surface area contributed by atoms with E-state index in [0.717, 1.165) is 9.35 Å². The maximum Gasteiger partial charge on any atom is 0.274 e. The first-order chi connectivity index (χ1) is 9.43. The van der Waals surface area contributed by atoms with Crippen LogP contribution in [0, 0.1) is 6.92 Å². The van der Waals surface area contributed by atoms with Crippen LogP contribution in [0.2, 0.25) is 0 Å². The molecule has 0 fully saturated rings. The van der Waals surface area contributed by atoms with Gasteiger partial charge in [-0.1, -0.05) is 0 Å². The number of amides is 1. The average molecular weight is 357 g/mol. The minimum atomic E-state index is -0.102. The number of nitrogen functional groups attached to an aromatic ring is 1. The van der Waals surface area contributed by atoms with Crippen molar-refractivity contribution in [1.82, 2.24) is 14.7 Å². The molecular weight excluding hydrogens is 340 g/mol. The molecule has 0 unspecified atom stereocenters. The van der Waals surface area contributed by atoms with Crippen molar-refractivity contribution in [1.29, 1.82) is 0 Å². The fourth-order valence-corrected chi connectivity index (χ4v) is 3.48. The summed E-state index contributed by atoms with van der Waals surface area (Å²) in [4.78, 5) is 15.3. The number of rotatable bonds is 4. The Balaban J connectivity index is 2.22. The van der Waals surface area contributed by atoms with Crippen molar-refractivity contribution in [3.05, 3.63) is 32.2 Å². The number of nitrogens with zero attached hydrogens (tertiary/aromatic N) is 3. The zero-order valence-corrected chi connectivity index (χ0v) is 14.1. The highest BCUT2D eigenvalue weighted by atomic mass is 79.9. The van der Waals surface area contributed by atoms with Crippen LogP contribution in [0.4, 0.5) is 5.69 Å². The lowest BCUT2D eigenvalue weighted by Crippen LogP contribution is -2.28. The van der Waals surface area contributed by atoms with Crippen molar-refractivity contribution in [2.45, 2.75) is 26.9 Å². The number of nitrogens with two attached hydrogens (primary N) is 1. The van der Waals surface area contributed by atoms with Crippen molar-refractivity contribution < 1.29 is 4.79 Å². The van der Waals surface area contributed by atoms with Crippen molar-refractivity contribution >= 4 is 38.9 Å². The summed E-state index contributed by atoms with van der Waals surface area (Å²) in [6.07, 6.45) is 0. The average Bonchev–Trinajstić information content (AvgIpc) is 2.93. The van der Waals surface area contributed by atoms with E-state index >= 15 is 0 Å². The van der Waals surface area contributed by atoms with E-state index in [2.05, 4.69) is 21.0 Å². The molecule has 0 atom stereocenters. The molecule has 1 amide bonds. The highest BCUT2D eigenvalue weighted by Gasteiger charge is 2.22. The highest BCUT2D eigenvalue weighted by Crippen LogP contribution is 2.23. The van der Waals surface area contributed by atoms with Gasteiger partial charge in [-0.15, -0.1) is 11.3 Å². The van der Waals surface area contributed by atoms with Crippen LogP contribution in [-0.4, -0.2) is 27.6 Å². The monoisotopic (exact) mass is 356 g/mol. The molecular formula is C13H17BrN4OS. The molecule has 5 nitrogen and oxygen atoms in total. The van der Waals surface area contributed by atoms with Gasteiger partial charge in [0, 0.05) is 28.3 Å². The molecule has 0 spiro atoms. The summed E-state index contributed by atoms with van der Waals surface area (Å²) in [5, 5.41) is 6.28. The number of hydrogen-bond acceptors (Lipinski definition) is 4. The van der Waals surface area contributed by atoms with E-state index in [-0.39, 0.29) is 5.91 Å². The van der Waals surface area contributed by atoms with Gasteiger partial charge in [0.25, 0.3) is 5.91 Å². The lowest BCUT2D eigenvalue weighted by molar-refractivity contribution is 0.0775. The van der Waals surface area contributed by atoms with Crippen molar-refractivity contribution in [3.63, 3.8) is 0 Å². The molecule has 0 radical (unpaired) electrons. The van der Waals surface area contributed by atoms with Crippen LogP contribution in [0.25, 0.3) is 0 Å². The fraction of sp³-hybridized carbons (Fsp3) is 0.385. The van der Waals surface area contributed by atoms with Gasteiger partial charge in [0.05, 0.1) is 17.9 Å². The quantitative estimate of drug-likeness (QED) is 0.915. The third kappa shape index (κ3) is 2.88. The molecule has 0 aliphatic carbocycles. The van der Waals surface area contributed by atoms with Crippen molar-refractivity contribution in [3.8, 4) is 0 Å². The Bertz CT molecular complexity index is 634. The molecule has 0 aliphatic rings. The Morgan fingerprint density at radius 3 is 2.85 bits per heavy atom. The lowest BCUT2D eigenvalue weighted by Gasteiger charge is -2.17. The van der Waals surface area contributed by atoms with Crippen molar-refractivity contribution in [2.75, 3.05) is 12.8 Å². The number of halogens is 1. The zero-order valence-electron chi connectivity index (χ0n) is 11.7. The molecule has 0 saturated carbocycles. The second-order valence-corrected chi connectivity index (χ2v) is 6.47. The molecule has 2 N–H and O–H groups in total. The maximum absolute atomic E-state index is 12.5. The standard InChI is InChI=1S/C13H17BrN4OS/c1-4-18-12(11(15)8(2)16-18)13(19)17(3)6-10-5-9(14)7-20-10/h5,7H,4,6,15H2,1-3H3. The molecule has 2 aromatic heterocycles. The summed E-state index contributed by atoms with van der Waals surface area (Å²) in [5.41, 5.74) is 7.62. The first-order valence-electron chi connectivity index (χ1n) is 6.25. The predicted octanol–water partition coefficient (Wildman–Crippen LogP) is 2.89. The Morgan fingerprint density at radius 2 is 2.30 bits per heavy atom. The van der Waals surface area contributed by atoms with E-state index < -0.39 is 0 Å². The number of thiophene rings is 1. The number of hydrogen-bond donors (Lipinski definition) is 1. The summed E-state index contributed by atoms with van der Waals surface area (Å²) in [5.74, 6) is -0.102. The maximum atomic E-state index is 12.5. The van der Waals surface area contributed by atoms with E-state index in [1.807, 2.05) is 25.3 Å². The van der Waals surface area contributed by atoms with Crippen LogP contribution in [-0.2, 0) is 13.1 Å². The molecule has 20 heavy (non-hydrogen) atoms. The summed E-state index contributed by atoms with van der Waals surface area (Å²) in [6.45, 7) is 4.94. The van der Waals surface area contributed by atoms with Gasteiger partial charge in [-0.25, -0.2) is 0 Å². The molecule has 0 aromatic carbocycles. The summed E-state index contributed by atoms with van der Waals surface area (Å²) in [6, 6.07) is 2.01. The first-order valence-corrected chi connectivity index (χ1v) is 7.92. The Morgan fingerprint density at radius 1 is 1.60 bits per heavy atom. The summed E-state index contributed by atoms with van der Waals surface area (Å²) >= 11 is 5.03. The Hall–Kier alpha value is -1.34. The van der Waals surface area contributed by atoms with Gasteiger partial charge in [-0.3, -0.25) is 9.48 Å². The largest absolute Gasteiger partial charge is 0.395 e. The lowest BCUT2D eigenvalue weighted by atomic mass is 10.2. The summed E-state index contributed by atoms with van der Waals surface area (Å²) < 4.78 is 2.70. The molecule has 108 valence electrons. The Kier molecular flexibility index (Phi) is 4.49. The number of carbonyl (C=O) groups is 1. The van der Waals surface area contributed by atoms with E-state index in [9.17, 15) is 4.79 Å². The van der Waals surface area contributed by atoms with Gasteiger partial charge in [-0.2, -0.15) is 5.10 Å². The fourth-order valence-electron chi connectivity index (χ4n) is 1.97. The number of anilines is 1. The number of aromatic nitrogens is 2. The Labute approximate surface area is 130 Å². The van der Waals surface area contributed by atoms with Crippen LogP contribution >= 0.6 is 27.3 Å². The SMILES string of the molecule is CCn1nc(C)c(N)c1C(=O)N(C)Cc1cc(Br)cs1. The molecule has 0 aliphatic heterocycles. The van der Waals surface area contributed by atoms with E-state index in [1.54, 1.807) is 28.0 Å². The third-order valence-electron chi connectivity index (χ3n) is 3.04. The summed E-state index contributed by atoms with van der Waals surface area (Å²) in [7, 11) is 1.78. The normalized spacial score (nSPS) is 10.8. The smallest absolute Gasteiger partial charge is 0.274 e. The zero-order chi connectivity index (χ0) is 14.9. The van der Waals surface area contributed by atoms with Gasteiger partial charge in [-0.05, 0) is 35.8 Å². The third-order valence-corrected chi connectivity index (χ3v) is 4.72. The van der Waals surface area contributed by atoms with Crippen molar-refractivity contribution in [2.24, 2.45) is 0 Å². The predicted molar refractivity (Wildman–Crippen MR) is 84.9 cm³/mol. The topological polar surface area (TPSA) is 64.2 Å². The number of carbonyl (C=O) groups excluding carboxylic acids is 1. The molecule has 0 bridgehead atoms. The van der Waals surface area contributed by atoms with Gasteiger partial charge in [0.2, 0.25) is 0 Å². The molecule has 2 heterocycles. The van der Waals surface area contributed by atoms with Gasteiger partial charge in [0.1, 0.15) is 5.69 Å². The molecule has 7 heteroatoms. The second kappa shape index (κ2) is 5.97. The molecule has 0 saturated heterocycles. The highest BCUT2D eigenvalue weighted by molar-refractivity contribution is 9.10. The van der Waals surface area contributed by atoms with E-state index in [0.29, 0.717) is 30.2 Å². The molecule has 2 aromatic rings. The van der Waals surface area contributed by atoms with Crippen LogP contribution in [0.3, 0.4) is 0 Å². The van der Waals surface area contributed by atoms with Crippen LogP contribution in [0.15, 0.2) is 15.9 Å². The van der Waals surface area contributed by atoms with Crippen LogP contribution in [0.1, 0.15) is 28.0 Å². The van der Waals surface area contributed by atoms with Gasteiger partial charge >= 0.3 is 0 Å². The van der Waals surface area contributed by atoms with Gasteiger partial charge < -0.3 is 10.6 Å². The van der Waals surface area contributed by atoms with Crippen LogP contribution < -0.4 is 5.73 Å². The van der Waals surface area contributed by atoms with Crippen LogP contribution in [0.5, 0.6) is 0 Å². The molecule has 2 rings (SSSR count). The number of aryl methyl sites for hydroxylation is 2. The first kappa shape index (κ1) is 15.1. The van der Waals surface area contributed by atoms with E-state index in [4.69, 9.17) is 5.73 Å². The second-order valence-electron chi connectivity index (χ2n) is 4.56. The van der Waals surface area contributed by atoms with E-state index in [1.165, 1.54) is 0 Å².